The topological polar surface area (TPSA) is 125 Å². The summed E-state index contributed by atoms with van der Waals surface area (Å²) in [4.78, 5) is 49.9. The van der Waals surface area contributed by atoms with E-state index in [0.29, 0.717) is 11.1 Å². The van der Waals surface area contributed by atoms with Gasteiger partial charge in [-0.3, -0.25) is 14.4 Å². The minimum absolute atomic E-state index is 0.162. The molecule has 0 radical (unpaired) electrons. The Kier molecular flexibility index (Phi) is 10.4. The number of esters is 4. The van der Waals surface area contributed by atoms with Gasteiger partial charge in [0.25, 0.3) is 0 Å². The number of ether oxygens (including phenoxy) is 4. The molecule has 2 aliphatic rings. The van der Waals surface area contributed by atoms with Gasteiger partial charge in [-0.2, -0.15) is 0 Å². The van der Waals surface area contributed by atoms with Crippen molar-refractivity contribution in [2.45, 2.75) is 98.2 Å². The lowest BCUT2D eigenvalue weighted by molar-refractivity contribution is -0.173. The van der Waals surface area contributed by atoms with Crippen molar-refractivity contribution >= 4 is 23.9 Å². The SMILES string of the molecule is CC(=O)O[C@@H]1C[C@@H](OC(C)=O)C(C)(C)/C=C\[C@H](C)[C@H](OC(C)=O)[C@@]2(O)C[C@H](C)[C@H](OC(=O)c3ccccc3)[C@@H]2C=C1C. The molecule has 1 saturated carbocycles. The normalized spacial score (nSPS) is 33.5. The van der Waals surface area contributed by atoms with Crippen LogP contribution in [0.3, 0.4) is 0 Å². The summed E-state index contributed by atoms with van der Waals surface area (Å²) in [7, 11) is 0. The van der Waals surface area contributed by atoms with Gasteiger partial charge in [-0.25, -0.2) is 4.79 Å². The molecule has 2 aliphatic carbocycles. The Morgan fingerprint density at radius 2 is 1.48 bits per heavy atom. The van der Waals surface area contributed by atoms with Crippen molar-refractivity contribution in [3.63, 3.8) is 0 Å². The second-order valence-electron chi connectivity index (χ2n) is 12.3. The van der Waals surface area contributed by atoms with Gasteiger partial charge in [-0.05, 0) is 37.0 Å². The van der Waals surface area contributed by atoms with Crippen LogP contribution in [0.15, 0.2) is 54.1 Å². The molecule has 1 fully saturated rings. The van der Waals surface area contributed by atoms with Gasteiger partial charge >= 0.3 is 23.9 Å². The lowest BCUT2D eigenvalue weighted by Gasteiger charge is -2.41. The molecule has 1 N–H and O–H groups in total. The highest BCUT2D eigenvalue weighted by atomic mass is 16.6. The number of aliphatic hydroxyl groups is 1. The second kappa shape index (κ2) is 13.2. The fourth-order valence-corrected chi connectivity index (χ4v) is 6.17. The van der Waals surface area contributed by atoms with E-state index in [4.69, 9.17) is 18.9 Å². The molecule has 0 heterocycles. The van der Waals surface area contributed by atoms with E-state index in [2.05, 4.69) is 0 Å². The Labute approximate surface area is 248 Å². The fourth-order valence-electron chi connectivity index (χ4n) is 6.17. The van der Waals surface area contributed by atoms with Crippen LogP contribution in [-0.4, -0.2) is 59.0 Å². The summed E-state index contributed by atoms with van der Waals surface area (Å²) < 4.78 is 23.3. The predicted molar refractivity (Wildman–Crippen MR) is 155 cm³/mol. The quantitative estimate of drug-likeness (QED) is 0.290. The first kappa shape index (κ1) is 33.0. The van der Waals surface area contributed by atoms with Gasteiger partial charge < -0.3 is 24.1 Å². The Morgan fingerprint density at radius 3 is 2.05 bits per heavy atom. The molecule has 230 valence electrons. The van der Waals surface area contributed by atoms with Crippen molar-refractivity contribution in [1.82, 2.24) is 0 Å². The van der Waals surface area contributed by atoms with Gasteiger partial charge in [0.1, 0.15) is 30.0 Å². The van der Waals surface area contributed by atoms with E-state index in [1.807, 2.05) is 39.8 Å². The molecule has 0 amide bonds. The van der Waals surface area contributed by atoms with Crippen LogP contribution in [0.1, 0.15) is 78.6 Å². The third-order valence-corrected chi connectivity index (χ3v) is 8.31. The average molecular weight is 585 g/mol. The third kappa shape index (κ3) is 7.68. The van der Waals surface area contributed by atoms with Crippen molar-refractivity contribution in [3.05, 3.63) is 59.7 Å². The van der Waals surface area contributed by atoms with Crippen molar-refractivity contribution in [1.29, 1.82) is 0 Å². The van der Waals surface area contributed by atoms with Crippen molar-refractivity contribution < 1.29 is 43.2 Å². The Morgan fingerprint density at radius 1 is 0.881 bits per heavy atom. The molecule has 3 rings (SSSR count). The van der Waals surface area contributed by atoms with Gasteiger partial charge in [0.15, 0.2) is 0 Å². The molecule has 42 heavy (non-hydrogen) atoms. The molecule has 0 unspecified atom stereocenters. The summed E-state index contributed by atoms with van der Waals surface area (Å²) in [6.45, 7) is 13.2. The minimum atomic E-state index is -1.63. The number of hydrogen-bond acceptors (Lipinski definition) is 9. The first-order valence-electron chi connectivity index (χ1n) is 14.4. The van der Waals surface area contributed by atoms with Gasteiger partial charge in [-0.1, -0.05) is 64.1 Å². The van der Waals surface area contributed by atoms with Crippen molar-refractivity contribution in [2.75, 3.05) is 0 Å². The van der Waals surface area contributed by atoms with Crippen LogP contribution in [0.25, 0.3) is 0 Å². The molecule has 8 atom stereocenters. The standard InChI is InChI=1S/C33H44O9/c1-19-14-15-32(7,8)28(40-23(5)35)17-27(39-22(4)34)20(2)16-26-29(42-31(37)25-12-10-9-11-13-25)21(3)18-33(26,38)30(19)41-24(6)36/h9-16,19,21,26-30,38H,17-18H2,1-8H3/b15-14-,20-16?/t19-,21-,26-,27+,28+,29-,30-,33+/m0/s1. The molecular weight excluding hydrogens is 540 g/mol. The van der Waals surface area contributed by atoms with E-state index < -0.39 is 71.1 Å². The second-order valence-corrected chi connectivity index (χ2v) is 12.3. The predicted octanol–water partition coefficient (Wildman–Crippen LogP) is 4.96. The van der Waals surface area contributed by atoms with Gasteiger partial charge in [0.2, 0.25) is 0 Å². The molecule has 0 spiro atoms. The molecule has 1 aromatic carbocycles. The average Bonchev–Trinajstić information content (AvgIpc) is 3.13. The molecule has 9 nitrogen and oxygen atoms in total. The molecule has 0 aromatic heterocycles. The number of fused-ring (bicyclic) bond motifs is 1. The number of carbonyl (C=O) groups is 4. The van der Waals surface area contributed by atoms with E-state index in [-0.39, 0.29) is 18.8 Å². The molecule has 9 heteroatoms. The van der Waals surface area contributed by atoms with Crippen LogP contribution in [0.4, 0.5) is 0 Å². The number of rotatable bonds is 5. The summed E-state index contributed by atoms with van der Waals surface area (Å²) in [5.74, 6) is -3.71. The number of carbonyl (C=O) groups excluding carboxylic acids is 4. The van der Waals surface area contributed by atoms with E-state index in [1.54, 1.807) is 43.3 Å². The summed E-state index contributed by atoms with van der Waals surface area (Å²) in [6, 6.07) is 8.57. The van der Waals surface area contributed by atoms with Gasteiger partial charge in [0.05, 0.1) is 5.56 Å². The van der Waals surface area contributed by atoms with Crippen LogP contribution in [-0.2, 0) is 33.3 Å². The largest absolute Gasteiger partial charge is 0.461 e. The van der Waals surface area contributed by atoms with Gasteiger partial charge in [0, 0.05) is 44.4 Å². The molecule has 0 bridgehead atoms. The fraction of sp³-hybridized carbons (Fsp3) is 0.576. The minimum Gasteiger partial charge on any atom is -0.461 e. The highest BCUT2D eigenvalue weighted by Crippen LogP contribution is 2.48. The Balaban J connectivity index is 2.20. The highest BCUT2D eigenvalue weighted by molar-refractivity contribution is 5.89. The maximum absolute atomic E-state index is 13.2. The van der Waals surface area contributed by atoms with E-state index in [1.165, 1.54) is 20.8 Å². The van der Waals surface area contributed by atoms with Gasteiger partial charge in [-0.15, -0.1) is 0 Å². The van der Waals surface area contributed by atoms with Crippen LogP contribution in [0, 0.1) is 23.2 Å². The molecule has 1 aromatic rings. The monoisotopic (exact) mass is 584 g/mol. The van der Waals surface area contributed by atoms with Crippen molar-refractivity contribution in [3.8, 4) is 0 Å². The zero-order valence-electron chi connectivity index (χ0n) is 25.8. The molecular formula is C33H44O9. The summed E-state index contributed by atoms with van der Waals surface area (Å²) in [5.41, 5.74) is -1.39. The van der Waals surface area contributed by atoms with Crippen molar-refractivity contribution in [2.24, 2.45) is 23.2 Å². The third-order valence-electron chi connectivity index (χ3n) is 8.31. The van der Waals surface area contributed by atoms with Crippen LogP contribution in [0.2, 0.25) is 0 Å². The van der Waals surface area contributed by atoms with Crippen LogP contribution in [0.5, 0.6) is 0 Å². The summed E-state index contributed by atoms with van der Waals surface area (Å²) in [6.07, 6.45) is 2.54. The zero-order valence-corrected chi connectivity index (χ0v) is 25.8. The first-order chi connectivity index (χ1) is 19.5. The summed E-state index contributed by atoms with van der Waals surface area (Å²) in [5, 5.41) is 12.5. The number of hydrogen-bond donors (Lipinski definition) is 1. The molecule has 0 aliphatic heterocycles. The maximum Gasteiger partial charge on any atom is 0.338 e. The Hall–Kier alpha value is -3.46. The number of benzene rings is 1. The smallest absolute Gasteiger partial charge is 0.338 e. The lowest BCUT2D eigenvalue weighted by Crippen LogP contribution is -2.52. The molecule has 0 saturated heterocycles. The first-order valence-corrected chi connectivity index (χ1v) is 14.4. The Bertz CT molecular complexity index is 1220. The van der Waals surface area contributed by atoms with E-state index in [9.17, 15) is 24.3 Å². The van der Waals surface area contributed by atoms with E-state index in [0.717, 1.165) is 0 Å². The zero-order chi connectivity index (χ0) is 31.4. The summed E-state index contributed by atoms with van der Waals surface area (Å²) >= 11 is 0. The lowest BCUT2D eigenvalue weighted by atomic mass is 9.75. The highest BCUT2D eigenvalue weighted by Gasteiger charge is 2.58. The maximum atomic E-state index is 13.2. The van der Waals surface area contributed by atoms with E-state index >= 15 is 0 Å². The van der Waals surface area contributed by atoms with Crippen LogP contribution >= 0.6 is 0 Å². The van der Waals surface area contributed by atoms with Crippen LogP contribution < -0.4 is 0 Å².